The summed E-state index contributed by atoms with van der Waals surface area (Å²) in [7, 11) is 1.63. The second-order valence-corrected chi connectivity index (χ2v) is 6.90. The van der Waals surface area contributed by atoms with E-state index < -0.39 is 16.9 Å². The standard InChI is InChI=1S/C20H20N4O5/c1-22(12-15-8-7-14(19(21)26)9-16(15)24(28)29)17-10-18(25)23(20(17)27)11-13-5-3-2-4-6-13/h2-9,17H,10-12H2,1H3,(H2,21,26)/t17-/m0/s1. The molecule has 3 amide bonds. The lowest BCUT2D eigenvalue weighted by molar-refractivity contribution is -0.385. The molecule has 1 aliphatic heterocycles. The van der Waals surface area contributed by atoms with Gasteiger partial charge in [-0.25, -0.2) is 0 Å². The van der Waals surface area contributed by atoms with Gasteiger partial charge in [0.2, 0.25) is 17.7 Å². The lowest BCUT2D eigenvalue weighted by Crippen LogP contribution is -2.39. The number of nitrogens with zero attached hydrogens (tertiary/aromatic N) is 3. The molecule has 0 bridgehead atoms. The van der Waals surface area contributed by atoms with Gasteiger partial charge in [0.05, 0.1) is 23.9 Å². The normalized spacial score (nSPS) is 16.5. The van der Waals surface area contributed by atoms with Crippen LogP contribution in [0.25, 0.3) is 0 Å². The number of nitrogens with two attached hydrogens (primary N) is 1. The van der Waals surface area contributed by atoms with Gasteiger partial charge in [-0.05, 0) is 18.7 Å². The molecule has 0 spiro atoms. The molecule has 0 radical (unpaired) electrons. The van der Waals surface area contributed by atoms with E-state index in [0.717, 1.165) is 11.6 Å². The Labute approximate surface area is 166 Å². The summed E-state index contributed by atoms with van der Waals surface area (Å²) in [6.45, 7) is 0.258. The monoisotopic (exact) mass is 396 g/mol. The summed E-state index contributed by atoms with van der Waals surface area (Å²) in [5.74, 6) is -1.38. The number of carbonyl (C=O) groups excluding carboxylic acids is 3. The average molecular weight is 396 g/mol. The maximum Gasteiger partial charge on any atom is 0.274 e. The molecular weight excluding hydrogens is 376 g/mol. The number of imide groups is 1. The number of nitro groups is 1. The first kappa shape index (κ1) is 20.2. The van der Waals surface area contributed by atoms with Gasteiger partial charge in [-0.15, -0.1) is 0 Å². The molecule has 0 unspecified atom stereocenters. The fraction of sp³-hybridized carbons (Fsp3) is 0.250. The molecule has 0 aliphatic carbocycles. The molecular formula is C20H20N4O5. The molecule has 2 N–H and O–H groups in total. The van der Waals surface area contributed by atoms with Crippen molar-refractivity contribution in [3.05, 3.63) is 75.3 Å². The van der Waals surface area contributed by atoms with E-state index in [9.17, 15) is 24.5 Å². The minimum atomic E-state index is -0.763. The molecule has 1 heterocycles. The number of likely N-dealkylation sites (tertiary alicyclic amines) is 1. The van der Waals surface area contributed by atoms with Gasteiger partial charge in [-0.1, -0.05) is 36.4 Å². The van der Waals surface area contributed by atoms with Crippen molar-refractivity contribution in [3.8, 4) is 0 Å². The van der Waals surface area contributed by atoms with Crippen LogP contribution in [-0.4, -0.2) is 45.5 Å². The zero-order valence-electron chi connectivity index (χ0n) is 15.8. The van der Waals surface area contributed by atoms with Gasteiger partial charge in [-0.3, -0.25) is 34.3 Å². The van der Waals surface area contributed by atoms with E-state index in [0.29, 0.717) is 5.56 Å². The molecule has 9 nitrogen and oxygen atoms in total. The Balaban J connectivity index is 1.77. The summed E-state index contributed by atoms with van der Waals surface area (Å²) in [5.41, 5.74) is 6.13. The van der Waals surface area contributed by atoms with Crippen molar-refractivity contribution in [1.82, 2.24) is 9.80 Å². The molecule has 3 rings (SSSR count). The first-order valence-corrected chi connectivity index (χ1v) is 8.93. The van der Waals surface area contributed by atoms with Crippen LogP contribution in [0.3, 0.4) is 0 Å². The van der Waals surface area contributed by atoms with Crippen molar-refractivity contribution in [1.29, 1.82) is 0 Å². The second kappa shape index (κ2) is 8.19. The molecule has 9 heteroatoms. The Kier molecular flexibility index (Phi) is 5.69. The van der Waals surface area contributed by atoms with Crippen LogP contribution in [0, 0.1) is 10.1 Å². The van der Waals surface area contributed by atoms with Gasteiger partial charge >= 0.3 is 0 Å². The predicted molar refractivity (Wildman–Crippen MR) is 103 cm³/mol. The minimum absolute atomic E-state index is 0.00926. The van der Waals surface area contributed by atoms with Crippen LogP contribution in [0.4, 0.5) is 5.69 Å². The van der Waals surface area contributed by atoms with Crippen LogP contribution < -0.4 is 5.73 Å². The van der Waals surface area contributed by atoms with E-state index in [4.69, 9.17) is 5.73 Å². The molecule has 1 saturated heterocycles. The zero-order valence-corrected chi connectivity index (χ0v) is 15.8. The van der Waals surface area contributed by atoms with Gasteiger partial charge < -0.3 is 5.73 Å². The Morgan fingerprint density at radius 3 is 2.55 bits per heavy atom. The van der Waals surface area contributed by atoms with Crippen molar-refractivity contribution >= 4 is 23.4 Å². The molecule has 1 aliphatic rings. The summed E-state index contributed by atoms with van der Waals surface area (Å²) in [6.07, 6.45) is 0.00926. The van der Waals surface area contributed by atoms with E-state index in [1.54, 1.807) is 11.9 Å². The van der Waals surface area contributed by atoms with Crippen LogP contribution in [-0.2, 0) is 22.7 Å². The number of likely N-dealkylation sites (N-methyl/N-ethyl adjacent to an activating group) is 1. The van der Waals surface area contributed by atoms with Gasteiger partial charge in [-0.2, -0.15) is 0 Å². The molecule has 1 atom stereocenters. The quantitative estimate of drug-likeness (QED) is 0.429. The van der Waals surface area contributed by atoms with E-state index in [1.807, 2.05) is 30.3 Å². The van der Waals surface area contributed by atoms with Crippen LogP contribution in [0.2, 0.25) is 0 Å². The fourth-order valence-corrected chi connectivity index (χ4v) is 3.34. The molecule has 0 aromatic heterocycles. The Morgan fingerprint density at radius 1 is 1.24 bits per heavy atom. The maximum atomic E-state index is 12.8. The first-order valence-electron chi connectivity index (χ1n) is 8.93. The molecule has 2 aromatic rings. The summed E-state index contributed by atoms with van der Waals surface area (Å²) in [5, 5.41) is 11.4. The number of benzene rings is 2. The predicted octanol–water partition coefficient (Wildman–Crippen LogP) is 1.45. The molecule has 0 saturated carbocycles. The van der Waals surface area contributed by atoms with Gasteiger partial charge in [0.15, 0.2) is 0 Å². The van der Waals surface area contributed by atoms with E-state index in [2.05, 4.69) is 0 Å². The molecule has 150 valence electrons. The third kappa shape index (κ3) is 4.30. The third-order valence-electron chi connectivity index (χ3n) is 4.92. The van der Waals surface area contributed by atoms with Gasteiger partial charge in [0, 0.05) is 23.7 Å². The van der Waals surface area contributed by atoms with E-state index in [-0.39, 0.29) is 42.6 Å². The Hall–Kier alpha value is -3.59. The SMILES string of the molecule is CN(Cc1ccc(C(N)=O)cc1[N+](=O)[O-])[C@H]1CC(=O)N(Cc2ccccc2)C1=O. The highest BCUT2D eigenvalue weighted by Crippen LogP contribution is 2.26. The Bertz CT molecular complexity index is 976. The highest BCUT2D eigenvalue weighted by atomic mass is 16.6. The van der Waals surface area contributed by atoms with Crippen LogP contribution >= 0.6 is 0 Å². The summed E-state index contributed by atoms with van der Waals surface area (Å²) < 4.78 is 0. The number of primary amides is 1. The molecule has 29 heavy (non-hydrogen) atoms. The van der Waals surface area contributed by atoms with Crippen LogP contribution in [0.1, 0.15) is 27.9 Å². The number of hydrogen-bond acceptors (Lipinski definition) is 6. The topological polar surface area (TPSA) is 127 Å². The van der Waals surface area contributed by atoms with Crippen molar-refractivity contribution in [2.45, 2.75) is 25.6 Å². The lowest BCUT2D eigenvalue weighted by Gasteiger charge is -2.23. The van der Waals surface area contributed by atoms with Crippen molar-refractivity contribution < 1.29 is 19.3 Å². The number of carbonyl (C=O) groups is 3. The number of nitro benzene ring substituents is 1. The number of amides is 3. The van der Waals surface area contributed by atoms with Crippen LogP contribution in [0.5, 0.6) is 0 Å². The smallest absolute Gasteiger partial charge is 0.274 e. The molecule has 1 fully saturated rings. The first-order chi connectivity index (χ1) is 13.8. The number of rotatable bonds is 7. The fourth-order valence-electron chi connectivity index (χ4n) is 3.34. The lowest BCUT2D eigenvalue weighted by atomic mass is 10.1. The maximum absolute atomic E-state index is 12.8. The highest BCUT2D eigenvalue weighted by molar-refractivity contribution is 6.05. The number of hydrogen-bond donors (Lipinski definition) is 1. The summed E-state index contributed by atoms with van der Waals surface area (Å²) in [6, 6.07) is 12.4. The zero-order chi connectivity index (χ0) is 21.1. The third-order valence-corrected chi connectivity index (χ3v) is 4.92. The molecule has 2 aromatic carbocycles. The van der Waals surface area contributed by atoms with Crippen LogP contribution in [0.15, 0.2) is 48.5 Å². The Morgan fingerprint density at radius 2 is 1.93 bits per heavy atom. The van der Waals surface area contributed by atoms with E-state index >= 15 is 0 Å². The van der Waals surface area contributed by atoms with E-state index in [1.165, 1.54) is 17.0 Å². The van der Waals surface area contributed by atoms with Gasteiger partial charge in [0.1, 0.15) is 0 Å². The largest absolute Gasteiger partial charge is 0.366 e. The van der Waals surface area contributed by atoms with Gasteiger partial charge in [0.25, 0.3) is 5.69 Å². The average Bonchev–Trinajstić information content (AvgIpc) is 2.97. The second-order valence-electron chi connectivity index (χ2n) is 6.90. The van der Waals surface area contributed by atoms with Crippen molar-refractivity contribution in [2.75, 3.05) is 7.05 Å². The van der Waals surface area contributed by atoms with Crippen molar-refractivity contribution in [3.63, 3.8) is 0 Å². The minimum Gasteiger partial charge on any atom is -0.366 e. The summed E-state index contributed by atoms with van der Waals surface area (Å²) >= 11 is 0. The summed E-state index contributed by atoms with van der Waals surface area (Å²) in [4.78, 5) is 50.0. The van der Waals surface area contributed by atoms with Crippen molar-refractivity contribution in [2.24, 2.45) is 5.73 Å². The highest BCUT2D eigenvalue weighted by Gasteiger charge is 2.41.